The van der Waals surface area contributed by atoms with Gasteiger partial charge in [-0.15, -0.1) is 0 Å². The molecular weight excluding hydrogens is 244 g/mol. The molecule has 0 saturated carbocycles. The number of hydrogen-bond acceptors (Lipinski definition) is 3. The van der Waals surface area contributed by atoms with E-state index >= 15 is 0 Å². The van der Waals surface area contributed by atoms with E-state index in [4.69, 9.17) is 0 Å². The van der Waals surface area contributed by atoms with E-state index in [1.165, 1.54) is 0 Å². The first-order chi connectivity index (χ1) is 8.16. The molecule has 1 fully saturated rings. The number of thioether (sulfide) groups is 1. The summed E-state index contributed by atoms with van der Waals surface area (Å²) in [5.41, 5.74) is 0.0168. The summed E-state index contributed by atoms with van der Waals surface area (Å²) in [6, 6.07) is 3.50. The van der Waals surface area contributed by atoms with E-state index in [2.05, 4.69) is 5.32 Å². The fourth-order valence-electron chi connectivity index (χ4n) is 1.85. The number of halogens is 2. The summed E-state index contributed by atoms with van der Waals surface area (Å²) in [4.78, 5) is 0. The third-order valence-corrected chi connectivity index (χ3v) is 4.01. The van der Waals surface area contributed by atoms with Gasteiger partial charge in [-0.05, 0) is 30.4 Å². The van der Waals surface area contributed by atoms with E-state index < -0.39 is 17.7 Å². The highest BCUT2D eigenvalue weighted by atomic mass is 32.2. The number of benzene rings is 1. The van der Waals surface area contributed by atoms with Crippen molar-refractivity contribution in [1.82, 2.24) is 5.32 Å². The average Bonchev–Trinajstić information content (AvgIpc) is 2.82. The third-order valence-electron chi connectivity index (χ3n) is 2.85. The van der Waals surface area contributed by atoms with Crippen LogP contribution in [0.3, 0.4) is 0 Å². The fourth-order valence-corrected chi connectivity index (χ4v) is 3.04. The van der Waals surface area contributed by atoms with Gasteiger partial charge in [-0.2, -0.15) is 11.8 Å². The van der Waals surface area contributed by atoms with Crippen molar-refractivity contribution < 1.29 is 13.9 Å². The molecule has 2 nitrogen and oxygen atoms in total. The molecule has 2 N–H and O–H groups in total. The second-order valence-electron chi connectivity index (χ2n) is 4.15. The second kappa shape index (κ2) is 5.80. The maximum Gasteiger partial charge on any atom is 0.129 e. The van der Waals surface area contributed by atoms with E-state index in [9.17, 15) is 13.9 Å². The topological polar surface area (TPSA) is 32.3 Å². The van der Waals surface area contributed by atoms with Gasteiger partial charge in [0, 0.05) is 23.9 Å². The quantitative estimate of drug-likeness (QED) is 0.868. The van der Waals surface area contributed by atoms with Crippen LogP contribution in [0.25, 0.3) is 0 Å². The van der Waals surface area contributed by atoms with Crippen molar-refractivity contribution >= 4 is 11.8 Å². The molecule has 1 aromatic carbocycles. The second-order valence-corrected chi connectivity index (χ2v) is 5.30. The summed E-state index contributed by atoms with van der Waals surface area (Å²) in [6.45, 7) is 0.256. The highest BCUT2D eigenvalue weighted by Gasteiger charge is 2.18. The molecule has 1 aliphatic rings. The Labute approximate surface area is 103 Å². The molecule has 0 aliphatic carbocycles. The lowest BCUT2D eigenvalue weighted by molar-refractivity contribution is 0.166. The van der Waals surface area contributed by atoms with Gasteiger partial charge in [-0.3, -0.25) is 0 Å². The first-order valence-electron chi connectivity index (χ1n) is 5.61. The smallest absolute Gasteiger partial charge is 0.129 e. The number of aliphatic hydroxyl groups excluding tert-OH is 1. The summed E-state index contributed by atoms with van der Waals surface area (Å²) in [5.74, 6) is 1.03. The SMILES string of the molecule is OC(CNC1CCSC1)c1cc(F)ccc1F. The maximum atomic E-state index is 13.4. The lowest BCUT2D eigenvalue weighted by atomic mass is 10.1. The summed E-state index contributed by atoms with van der Waals surface area (Å²) < 4.78 is 26.3. The van der Waals surface area contributed by atoms with Crippen molar-refractivity contribution in [3.63, 3.8) is 0 Å². The first kappa shape index (κ1) is 12.8. The lowest BCUT2D eigenvalue weighted by Gasteiger charge is -2.16. The summed E-state index contributed by atoms with van der Waals surface area (Å²) in [5, 5.41) is 13.0. The Kier molecular flexibility index (Phi) is 4.36. The lowest BCUT2D eigenvalue weighted by Crippen LogP contribution is -2.32. The molecule has 2 unspecified atom stereocenters. The van der Waals surface area contributed by atoms with E-state index in [0.717, 1.165) is 36.1 Å². The Balaban J connectivity index is 1.93. The Hall–Kier alpha value is -0.650. The van der Waals surface area contributed by atoms with E-state index in [1.807, 2.05) is 11.8 Å². The summed E-state index contributed by atoms with van der Waals surface area (Å²) in [6.07, 6.45) is 0.0551. The Morgan fingerprint density at radius 2 is 2.29 bits per heavy atom. The van der Waals surface area contributed by atoms with Gasteiger partial charge in [-0.1, -0.05) is 0 Å². The van der Waals surface area contributed by atoms with Crippen LogP contribution in [0.2, 0.25) is 0 Å². The van der Waals surface area contributed by atoms with Crippen molar-refractivity contribution in [1.29, 1.82) is 0 Å². The largest absolute Gasteiger partial charge is 0.387 e. The average molecular weight is 259 g/mol. The fraction of sp³-hybridized carbons (Fsp3) is 0.500. The van der Waals surface area contributed by atoms with Gasteiger partial charge >= 0.3 is 0 Å². The zero-order valence-electron chi connectivity index (χ0n) is 9.33. The normalized spacial score (nSPS) is 21.7. The molecule has 0 aromatic heterocycles. The number of hydrogen-bond donors (Lipinski definition) is 2. The summed E-state index contributed by atoms with van der Waals surface area (Å²) in [7, 11) is 0. The van der Waals surface area contributed by atoms with Crippen LogP contribution >= 0.6 is 11.8 Å². The van der Waals surface area contributed by atoms with E-state index in [-0.39, 0.29) is 12.1 Å². The predicted molar refractivity (Wildman–Crippen MR) is 65.1 cm³/mol. The molecule has 0 spiro atoms. The van der Waals surface area contributed by atoms with Crippen LogP contribution < -0.4 is 5.32 Å². The molecular formula is C12H15F2NOS. The van der Waals surface area contributed by atoms with Gasteiger partial charge in [0.25, 0.3) is 0 Å². The van der Waals surface area contributed by atoms with Crippen molar-refractivity contribution in [2.24, 2.45) is 0 Å². The van der Waals surface area contributed by atoms with Gasteiger partial charge in [0.1, 0.15) is 11.6 Å². The van der Waals surface area contributed by atoms with E-state index in [1.54, 1.807) is 0 Å². The minimum atomic E-state index is -1.00. The molecule has 1 heterocycles. The zero-order valence-corrected chi connectivity index (χ0v) is 10.1. The van der Waals surface area contributed by atoms with Gasteiger partial charge in [0.05, 0.1) is 6.10 Å². The monoisotopic (exact) mass is 259 g/mol. The van der Waals surface area contributed by atoms with Gasteiger partial charge in [-0.25, -0.2) is 8.78 Å². The molecule has 1 aliphatic heterocycles. The highest BCUT2D eigenvalue weighted by Crippen LogP contribution is 2.20. The molecule has 0 amide bonds. The predicted octanol–water partition coefficient (Wildman–Crippen LogP) is 2.09. The Bertz CT molecular complexity index is 383. The molecule has 1 saturated heterocycles. The van der Waals surface area contributed by atoms with Crippen molar-refractivity contribution in [3.05, 3.63) is 35.4 Å². The Morgan fingerprint density at radius 3 is 3.00 bits per heavy atom. The van der Waals surface area contributed by atoms with Crippen LogP contribution in [0.15, 0.2) is 18.2 Å². The minimum absolute atomic E-state index is 0.0168. The minimum Gasteiger partial charge on any atom is -0.387 e. The number of nitrogens with one attached hydrogen (secondary N) is 1. The van der Waals surface area contributed by atoms with Crippen molar-refractivity contribution in [2.75, 3.05) is 18.1 Å². The van der Waals surface area contributed by atoms with Crippen LogP contribution in [-0.2, 0) is 0 Å². The molecule has 1 aromatic rings. The van der Waals surface area contributed by atoms with Crippen LogP contribution in [0.1, 0.15) is 18.1 Å². The molecule has 17 heavy (non-hydrogen) atoms. The summed E-state index contributed by atoms with van der Waals surface area (Å²) >= 11 is 1.86. The van der Waals surface area contributed by atoms with Crippen LogP contribution in [-0.4, -0.2) is 29.2 Å². The number of aliphatic hydroxyl groups is 1. The van der Waals surface area contributed by atoms with E-state index in [0.29, 0.717) is 6.04 Å². The van der Waals surface area contributed by atoms with Gasteiger partial charge < -0.3 is 10.4 Å². The molecule has 94 valence electrons. The van der Waals surface area contributed by atoms with Gasteiger partial charge in [0.15, 0.2) is 0 Å². The first-order valence-corrected chi connectivity index (χ1v) is 6.76. The zero-order chi connectivity index (χ0) is 12.3. The van der Waals surface area contributed by atoms with Gasteiger partial charge in [0.2, 0.25) is 0 Å². The molecule has 5 heteroatoms. The third kappa shape index (κ3) is 3.40. The molecule has 2 rings (SSSR count). The van der Waals surface area contributed by atoms with Crippen molar-refractivity contribution in [3.8, 4) is 0 Å². The highest BCUT2D eigenvalue weighted by molar-refractivity contribution is 7.99. The molecule has 0 bridgehead atoms. The van der Waals surface area contributed by atoms with Crippen LogP contribution in [0.5, 0.6) is 0 Å². The Morgan fingerprint density at radius 1 is 1.47 bits per heavy atom. The van der Waals surface area contributed by atoms with Crippen LogP contribution in [0.4, 0.5) is 8.78 Å². The van der Waals surface area contributed by atoms with Crippen molar-refractivity contribution in [2.45, 2.75) is 18.6 Å². The molecule has 2 atom stereocenters. The van der Waals surface area contributed by atoms with Crippen LogP contribution in [0, 0.1) is 11.6 Å². The standard InChI is InChI=1S/C12H15F2NOS/c13-8-1-2-11(14)10(5-8)12(16)6-15-9-3-4-17-7-9/h1-2,5,9,12,15-16H,3-4,6-7H2. The number of rotatable bonds is 4. The molecule has 0 radical (unpaired) electrons. The maximum absolute atomic E-state index is 13.4.